The van der Waals surface area contributed by atoms with E-state index in [1.165, 1.54) is 12.1 Å². The van der Waals surface area contributed by atoms with E-state index in [-0.39, 0.29) is 9.92 Å². The van der Waals surface area contributed by atoms with Crippen LogP contribution in [0.1, 0.15) is 6.92 Å². The maximum Gasteiger partial charge on any atom is 0.242 e. The molecule has 0 fully saturated rings. The average molecular weight is 292 g/mol. The van der Waals surface area contributed by atoms with Crippen molar-refractivity contribution in [1.29, 1.82) is 0 Å². The summed E-state index contributed by atoms with van der Waals surface area (Å²) in [6.45, 7) is 3.83. The summed E-state index contributed by atoms with van der Waals surface area (Å²) in [4.78, 5) is 2.02. The zero-order chi connectivity index (χ0) is 13.8. The van der Waals surface area contributed by atoms with Crippen molar-refractivity contribution >= 4 is 27.3 Å². The van der Waals surface area contributed by atoms with Gasteiger partial charge in [0.2, 0.25) is 10.0 Å². The lowest BCUT2D eigenvalue weighted by Crippen LogP contribution is -2.33. The van der Waals surface area contributed by atoms with Crippen LogP contribution in [0.15, 0.2) is 23.1 Å². The van der Waals surface area contributed by atoms with Gasteiger partial charge in [-0.15, -0.1) is 0 Å². The Morgan fingerprint density at radius 1 is 1.44 bits per heavy atom. The van der Waals surface area contributed by atoms with Crippen LogP contribution in [-0.4, -0.2) is 40.0 Å². The summed E-state index contributed by atoms with van der Waals surface area (Å²) < 4.78 is 26.5. The van der Waals surface area contributed by atoms with Gasteiger partial charge in [-0.2, -0.15) is 0 Å². The number of nitrogens with one attached hydrogen (secondary N) is 1. The van der Waals surface area contributed by atoms with Crippen LogP contribution in [0.5, 0.6) is 0 Å². The van der Waals surface area contributed by atoms with E-state index in [2.05, 4.69) is 4.72 Å². The average Bonchev–Trinajstić information content (AvgIpc) is 2.31. The summed E-state index contributed by atoms with van der Waals surface area (Å²) in [5.74, 6) is 0. The minimum absolute atomic E-state index is 0.0170. The molecule has 0 bridgehead atoms. The van der Waals surface area contributed by atoms with Gasteiger partial charge in [0.05, 0.1) is 5.02 Å². The fourth-order valence-electron chi connectivity index (χ4n) is 1.33. The molecule has 0 spiro atoms. The molecule has 0 amide bonds. The van der Waals surface area contributed by atoms with Crippen LogP contribution >= 0.6 is 11.6 Å². The lowest BCUT2D eigenvalue weighted by Gasteiger charge is -2.14. The van der Waals surface area contributed by atoms with E-state index >= 15 is 0 Å². The first kappa shape index (κ1) is 15.2. The maximum atomic E-state index is 12.0. The molecule has 1 aromatic carbocycles. The lowest BCUT2D eigenvalue weighted by molar-refractivity contribution is 0.358. The molecule has 0 radical (unpaired) electrons. The monoisotopic (exact) mass is 291 g/mol. The van der Waals surface area contributed by atoms with Crippen LogP contribution in [0.4, 0.5) is 5.69 Å². The van der Waals surface area contributed by atoms with Crippen molar-refractivity contribution in [2.75, 3.05) is 32.4 Å². The number of nitrogen functional groups attached to an aromatic ring is 1. The topological polar surface area (TPSA) is 75.4 Å². The van der Waals surface area contributed by atoms with Gasteiger partial charge in [0, 0.05) is 18.8 Å². The molecular weight excluding hydrogens is 274 g/mol. The van der Waals surface area contributed by atoms with E-state index < -0.39 is 10.0 Å². The number of sulfonamides is 1. The molecule has 1 rings (SSSR count). The summed E-state index contributed by atoms with van der Waals surface area (Å²) in [6, 6.07) is 4.39. The van der Waals surface area contributed by atoms with Crippen molar-refractivity contribution in [3.05, 3.63) is 23.2 Å². The molecule has 0 aliphatic heterocycles. The standard InChI is InChI=1S/C11H18ClN3O2S/c1-3-15(2)7-6-14-18(16,17)11-8-9(13)4-5-10(11)12/h4-5,8,14H,3,6-7,13H2,1-2H3. The van der Waals surface area contributed by atoms with E-state index in [1.54, 1.807) is 6.07 Å². The Labute approximate surface area is 113 Å². The number of rotatable bonds is 6. The van der Waals surface area contributed by atoms with Gasteiger partial charge in [-0.05, 0) is 31.8 Å². The molecule has 0 saturated carbocycles. The Hall–Kier alpha value is -0.820. The minimum Gasteiger partial charge on any atom is -0.399 e. The molecule has 5 nitrogen and oxygen atoms in total. The highest BCUT2D eigenvalue weighted by molar-refractivity contribution is 7.89. The van der Waals surface area contributed by atoms with E-state index in [0.29, 0.717) is 18.8 Å². The first-order chi connectivity index (χ1) is 8.36. The Bertz CT molecular complexity index is 505. The van der Waals surface area contributed by atoms with Crippen LogP contribution in [-0.2, 0) is 10.0 Å². The number of anilines is 1. The van der Waals surface area contributed by atoms with Crippen molar-refractivity contribution in [3.8, 4) is 0 Å². The third-order valence-electron chi connectivity index (χ3n) is 2.57. The molecule has 0 heterocycles. The quantitative estimate of drug-likeness (QED) is 0.771. The van der Waals surface area contributed by atoms with E-state index in [0.717, 1.165) is 6.54 Å². The van der Waals surface area contributed by atoms with Crippen molar-refractivity contribution < 1.29 is 8.42 Å². The summed E-state index contributed by atoms with van der Waals surface area (Å²) in [6.07, 6.45) is 0. The van der Waals surface area contributed by atoms with Gasteiger partial charge in [0.15, 0.2) is 0 Å². The van der Waals surface area contributed by atoms with Gasteiger partial charge in [0.1, 0.15) is 4.90 Å². The summed E-state index contributed by atoms with van der Waals surface area (Å²) in [5, 5.41) is 0.167. The van der Waals surface area contributed by atoms with Gasteiger partial charge in [-0.25, -0.2) is 13.1 Å². The second-order valence-electron chi connectivity index (χ2n) is 3.98. The fourth-order valence-corrected chi connectivity index (χ4v) is 2.89. The Balaban J connectivity index is 2.77. The third kappa shape index (κ3) is 4.13. The summed E-state index contributed by atoms with van der Waals surface area (Å²) in [5.41, 5.74) is 5.93. The van der Waals surface area contributed by atoms with Crippen LogP contribution in [0, 0.1) is 0 Å². The molecule has 0 unspecified atom stereocenters. The van der Waals surface area contributed by atoms with Crippen molar-refractivity contribution in [1.82, 2.24) is 9.62 Å². The van der Waals surface area contributed by atoms with Gasteiger partial charge >= 0.3 is 0 Å². The van der Waals surface area contributed by atoms with Gasteiger partial charge in [-0.1, -0.05) is 18.5 Å². The highest BCUT2D eigenvalue weighted by Crippen LogP contribution is 2.23. The molecule has 102 valence electrons. The lowest BCUT2D eigenvalue weighted by atomic mass is 10.3. The maximum absolute atomic E-state index is 12.0. The van der Waals surface area contributed by atoms with Gasteiger partial charge in [-0.3, -0.25) is 0 Å². The van der Waals surface area contributed by atoms with Crippen molar-refractivity contribution in [2.45, 2.75) is 11.8 Å². The molecule has 0 aliphatic carbocycles. The van der Waals surface area contributed by atoms with E-state index in [1.807, 2.05) is 18.9 Å². The molecule has 0 saturated heterocycles. The zero-order valence-corrected chi connectivity index (χ0v) is 12.1. The predicted molar refractivity (Wildman–Crippen MR) is 74.2 cm³/mol. The summed E-state index contributed by atoms with van der Waals surface area (Å²) in [7, 11) is -1.69. The highest BCUT2D eigenvalue weighted by atomic mass is 35.5. The van der Waals surface area contributed by atoms with Gasteiger partial charge < -0.3 is 10.6 Å². The van der Waals surface area contributed by atoms with Gasteiger partial charge in [0.25, 0.3) is 0 Å². The van der Waals surface area contributed by atoms with E-state index in [4.69, 9.17) is 17.3 Å². The number of nitrogens with two attached hydrogens (primary N) is 1. The zero-order valence-electron chi connectivity index (χ0n) is 10.5. The molecule has 0 aromatic heterocycles. The number of likely N-dealkylation sites (N-methyl/N-ethyl adjacent to an activating group) is 1. The SMILES string of the molecule is CCN(C)CCNS(=O)(=O)c1cc(N)ccc1Cl. The number of halogens is 1. The second kappa shape index (κ2) is 6.38. The number of nitrogens with zero attached hydrogens (tertiary/aromatic N) is 1. The van der Waals surface area contributed by atoms with Crippen LogP contribution in [0.25, 0.3) is 0 Å². The first-order valence-corrected chi connectivity index (χ1v) is 7.46. The van der Waals surface area contributed by atoms with Crippen LogP contribution in [0.3, 0.4) is 0 Å². The second-order valence-corrected chi connectivity index (χ2v) is 6.13. The number of hydrogen-bond acceptors (Lipinski definition) is 4. The molecule has 0 atom stereocenters. The largest absolute Gasteiger partial charge is 0.399 e. The summed E-state index contributed by atoms with van der Waals surface area (Å²) >= 11 is 5.86. The Morgan fingerprint density at radius 3 is 2.72 bits per heavy atom. The number of hydrogen-bond donors (Lipinski definition) is 2. The molecule has 0 aliphatic rings. The Kier molecular flexibility index (Phi) is 5.40. The Morgan fingerprint density at radius 2 is 2.11 bits per heavy atom. The number of benzene rings is 1. The van der Waals surface area contributed by atoms with Crippen molar-refractivity contribution in [2.24, 2.45) is 0 Å². The first-order valence-electron chi connectivity index (χ1n) is 5.60. The minimum atomic E-state index is -3.61. The normalized spacial score (nSPS) is 12.0. The molecule has 18 heavy (non-hydrogen) atoms. The molecular formula is C11H18ClN3O2S. The fraction of sp³-hybridized carbons (Fsp3) is 0.455. The molecule has 1 aromatic rings. The molecule has 3 N–H and O–H groups in total. The predicted octanol–water partition coefficient (Wildman–Crippen LogP) is 1.15. The van der Waals surface area contributed by atoms with Crippen LogP contribution in [0.2, 0.25) is 5.02 Å². The smallest absolute Gasteiger partial charge is 0.242 e. The highest BCUT2D eigenvalue weighted by Gasteiger charge is 2.17. The van der Waals surface area contributed by atoms with E-state index in [9.17, 15) is 8.42 Å². The van der Waals surface area contributed by atoms with Crippen molar-refractivity contribution in [3.63, 3.8) is 0 Å². The van der Waals surface area contributed by atoms with Crippen LogP contribution < -0.4 is 10.5 Å². The third-order valence-corrected chi connectivity index (χ3v) is 4.51. The molecule has 7 heteroatoms.